The van der Waals surface area contributed by atoms with E-state index in [4.69, 9.17) is 9.47 Å². The summed E-state index contributed by atoms with van der Waals surface area (Å²) < 4.78 is 13.1. The second kappa shape index (κ2) is 9.70. The zero-order chi connectivity index (χ0) is 22.5. The van der Waals surface area contributed by atoms with Gasteiger partial charge in [0.25, 0.3) is 5.91 Å². The molecule has 0 radical (unpaired) electrons. The third-order valence-corrected chi connectivity index (χ3v) is 5.60. The molecule has 7 nitrogen and oxygen atoms in total. The second-order valence-electron chi connectivity index (χ2n) is 7.73. The summed E-state index contributed by atoms with van der Waals surface area (Å²) >= 11 is 0. The zero-order valence-electron chi connectivity index (χ0n) is 18.7. The number of hydrogen-bond donors (Lipinski definition) is 1. The van der Waals surface area contributed by atoms with Crippen molar-refractivity contribution in [1.82, 2.24) is 9.99 Å². The van der Waals surface area contributed by atoms with Crippen molar-refractivity contribution in [3.63, 3.8) is 0 Å². The second-order valence-corrected chi connectivity index (χ2v) is 7.73. The van der Waals surface area contributed by atoms with Crippen LogP contribution in [-0.4, -0.2) is 50.1 Å². The van der Waals surface area contributed by atoms with Gasteiger partial charge in [-0.05, 0) is 56.3 Å². The molecule has 0 bridgehead atoms. The maximum absolute atomic E-state index is 12.7. The van der Waals surface area contributed by atoms with Crippen LogP contribution in [0.25, 0.3) is 5.69 Å². The molecule has 1 N–H and O–H groups in total. The number of aryl methyl sites for hydroxylation is 2. The van der Waals surface area contributed by atoms with Crippen LogP contribution in [0.5, 0.6) is 5.75 Å². The van der Waals surface area contributed by atoms with Crippen molar-refractivity contribution in [1.29, 1.82) is 0 Å². The van der Waals surface area contributed by atoms with Crippen LogP contribution in [0.3, 0.4) is 0 Å². The Morgan fingerprint density at radius 3 is 2.50 bits per heavy atom. The number of methoxy groups -OCH3 is 1. The Hall–Kier alpha value is -3.58. The predicted molar refractivity (Wildman–Crippen MR) is 126 cm³/mol. The van der Waals surface area contributed by atoms with Gasteiger partial charge in [0.05, 0.1) is 26.5 Å². The van der Waals surface area contributed by atoms with Gasteiger partial charge in [0.2, 0.25) is 0 Å². The van der Waals surface area contributed by atoms with Crippen molar-refractivity contribution in [3.8, 4) is 11.4 Å². The molecule has 2 aromatic carbocycles. The summed E-state index contributed by atoms with van der Waals surface area (Å²) in [5.41, 5.74) is 8.21. The average molecular weight is 433 g/mol. The molecular weight excluding hydrogens is 404 g/mol. The number of anilines is 1. The van der Waals surface area contributed by atoms with Crippen LogP contribution < -0.4 is 15.1 Å². The normalized spacial score (nSPS) is 14.0. The molecule has 1 fully saturated rings. The number of hydrazone groups is 1. The highest BCUT2D eigenvalue weighted by atomic mass is 16.5. The summed E-state index contributed by atoms with van der Waals surface area (Å²) in [6, 6.07) is 17.6. The van der Waals surface area contributed by atoms with Gasteiger partial charge in [-0.15, -0.1) is 0 Å². The van der Waals surface area contributed by atoms with E-state index < -0.39 is 0 Å². The molecule has 1 aromatic heterocycles. The maximum Gasteiger partial charge on any atom is 0.271 e. The van der Waals surface area contributed by atoms with E-state index in [-0.39, 0.29) is 5.91 Å². The Balaban J connectivity index is 1.46. The lowest BCUT2D eigenvalue weighted by Crippen LogP contribution is -2.36. The number of carbonyl (C=O) groups excluding carboxylic acids is 1. The number of hydrogen-bond acceptors (Lipinski definition) is 5. The molecule has 0 unspecified atom stereocenters. The molecule has 32 heavy (non-hydrogen) atoms. The number of rotatable bonds is 6. The molecule has 0 saturated carbocycles. The number of carbonyl (C=O) groups is 1. The highest BCUT2D eigenvalue weighted by Gasteiger charge is 2.13. The fourth-order valence-corrected chi connectivity index (χ4v) is 3.91. The van der Waals surface area contributed by atoms with E-state index in [0.29, 0.717) is 11.3 Å². The van der Waals surface area contributed by atoms with Crippen LogP contribution in [0.1, 0.15) is 27.3 Å². The van der Waals surface area contributed by atoms with E-state index >= 15 is 0 Å². The number of morpholine rings is 1. The van der Waals surface area contributed by atoms with Crippen LogP contribution in [0.4, 0.5) is 5.69 Å². The summed E-state index contributed by atoms with van der Waals surface area (Å²) in [6.45, 7) is 7.25. The van der Waals surface area contributed by atoms with E-state index in [2.05, 4.69) is 32.1 Å². The molecule has 1 aliphatic rings. The SMILES string of the molecule is COc1cc(N2CCOCC2)ccc1/C=N\NC(=O)c1cccc(-n2c(C)ccc2C)c1. The third-order valence-electron chi connectivity index (χ3n) is 5.60. The Bertz CT molecular complexity index is 1110. The van der Waals surface area contributed by atoms with Gasteiger partial charge < -0.3 is 18.9 Å². The fraction of sp³-hybridized carbons (Fsp3) is 0.280. The van der Waals surface area contributed by atoms with Gasteiger partial charge in [-0.3, -0.25) is 4.79 Å². The first-order chi connectivity index (χ1) is 15.6. The number of ether oxygens (including phenoxy) is 2. The molecule has 0 spiro atoms. The molecule has 1 saturated heterocycles. The molecule has 7 heteroatoms. The molecule has 3 aromatic rings. The first-order valence-corrected chi connectivity index (χ1v) is 10.7. The summed E-state index contributed by atoms with van der Waals surface area (Å²) in [6.07, 6.45) is 1.60. The minimum absolute atomic E-state index is 0.269. The van der Waals surface area contributed by atoms with Crippen LogP contribution in [0.15, 0.2) is 59.7 Å². The van der Waals surface area contributed by atoms with E-state index in [1.165, 1.54) is 0 Å². The van der Waals surface area contributed by atoms with Crippen LogP contribution in [-0.2, 0) is 4.74 Å². The predicted octanol–water partition coefficient (Wildman–Crippen LogP) is 3.70. The highest BCUT2D eigenvalue weighted by Crippen LogP contribution is 2.25. The van der Waals surface area contributed by atoms with Gasteiger partial charge in [0.1, 0.15) is 5.75 Å². The summed E-state index contributed by atoms with van der Waals surface area (Å²) in [7, 11) is 1.63. The topological polar surface area (TPSA) is 68.1 Å². The quantitative estimate of drug-likeness (QED) is 0.476. The fourth-order valence-electron chi connectivity index (χ4n) is 3.91. The highest BCUT2D eigenvalue weighted by molar-refractivity contribution is 5.95. The van der Waals surface area contributed by atoms with Crippen molar-refractivity contribution in [3.05, 3.63) is 77.1 Å². The molecule has 2 heterocycles. The van der Waals surface area contributed by atoms with Crippen LogP contribution in [0.2, 0.25) is 0 Å². The monoisotopic (exact) mass is 432 g/mol. The van der Waals surface area contributed by atoms with Crippen molar-refractivity contribution < 1.29 is 14.3 Å². The standard InChI is InChI=1S/C25H28N4O3/c1-18-7-8-19(2)29(18)23-6-4-5-20(15-23)25(30)27-26-17-21-9-10-22(16-24(21)31-3)28-11-13-32-14-12-28/h4-10,15-17H,11-14H2,1-3H3,(H,27,30)/b26-17-. The van der Waals surface area contributed by atoms with E-state index in [0.717, 1.165) is 54.6 Å². The average Bonchev–Trinajstić information content (AvgIpc) is 3.17. The maximum atomic E-state index is 12.7. The summed E-state index contributed by atoms with van der Waals surface area (Å²) in [5.74, 6) is 0.432. The lowest BCUT2D eigenvalue weighted by molar-refractivity contribution is 0.0955. The van der Waals surface area contributed by atoms with Crippen molar-refractivity contribution >= 4 is 17.8 Å². The first kappa shape index (κ1) is 21.6. The number of amides is 1. The van der Waals surface area contributed by atoms with Crippen LogP contribution >= 0.6 is 0 Å². The van der Waals surface area contributed by atoms with Crippen molar-refractivity contribution in [2.24, 2.45) is 5.10 Å². The molecule has 1 aliphatic heterocycles. The minimum atomic E-state index is -0.269. The number of nitrogens with one attached hydrogen (secondary N) is 1. The smallest absolute Gasteiger partial charge is 0.271 e. The van der Waals surface area contributed by atoms with E-state index in [1.807, 2.05) is 50.2 Å². The Kier molecular flexibility index (Phi) is 6.56. The number of nitrogens with zero attached hydrogens (tertiary/aromatic N) is 3. The Labute approximate surface area is 188 Å². The Morgan fingerprint density at radius 2 is 1.78 bits per heavy atom. The largest absolute Gasteiger partial charge is 0.496 e. The molecule has 4 rings (SSSR count). The zero-order valence-corrected chi connectivity index (χ0v) is 18.7. The van der Waals surface area contributed by atoms with Gasteiger partial charge >= 0.3 is 0 Å². The molecule has 0 aliphatic carbocycles. The van der Waals surface area contributed by atoms with Gasteiger partial charge in [-0.2, -0.15) is 5.10 Å². The molecule has 0 atom stereocenters. The molecule has 166 valence electrons. The van der Waals surface area contributed by atoms with Crippen molar-refractivity contribution in [2.75, 3.05) is 38.3 Å². The first-order valence-electron chi connectivity index (χ1n) is 10.7. The minimum Gasteiger partial charge on any atom is -0.496 e. The number of benzene rings is 2. The third kappa shape index (κ3) is 4.68. The van der Waals surface area contributed by atoms with Crippen LogP contribution in [0, 0.1) is 13.8 Å². The number of aromatic nitrogens is 1. The van der Waals surface area contributed by atoms with E-state index in [9.17, 15) is 4.79 Å². The molecule has 1 amide bonds. The lowest BCUT2D eigenvalue weighted by Gasteiger charge is -2.29. The van der Waals surface area contributed by atoms with Gasteiger partial charge in [-0.25, -0.2) is 5.43 Å². The molecular formula is C25H28N4O3. The van der Waals surface area contributed by atoms with Gasteiger partial charge in [0, 0.05) is 53.0 Å². The lowest BCUT2D eigenvalue weighted by atomic mass is 10.1. The Morgan fingerprint density at radius 1 is 1.03 bits per heavy atom. The summed E-state index contributed by atoms with van der Waals surface area (Å²) in [4.78, 5) is 14.9. The summed E-state index contributed by atoms with van der Waals surface area (Å²) in [5, 5.41) is 4.15. The van der Waals surface area contributed by atoms with Gasteiger partial charge in [0.15, 0.2) is 0 Å². The van der Waals surface area contributed by atoms with E-state index in [1.54, 1.807) is 19.4 Å². The van der Waals surface area contributed by atoms with Gasteiger partial charge in [-0.1, -0.05) is 6.07 Å². The van der Waals surface area contributed by atoms with Crippen molar-refractivity contribution in [2.45, 2.75) is 13.8 Å².